The van der Waals surface area contributed by atoms with Crippen LogP contribution in [0.4, 0.5) is 0 Å². The molecule has 0 saturated heterocycles. The lowest BCUT2D eigenvalue weighted by Crippen LogP contribution is -2.33. The van der Waals surface area contributed by atoms with Crippen molar-refractivity contribution in [3.8, 4) is 5.75 Å². The van der Waals surface area contributed by atoms with Crippen LogP contribution in [-0.4, -0.2) is 36.9 Å². The van der Waals surface area contributed by atoms with Gasteiger partial charge in [0.25, 0.3) is 0 Å². The summed E-state index contributed by atoms with van der Waals surface area (Å²) in [5, 5.41) is 9.90. The number of nitrogens with zero attached hydrogens (tertiary/aromatic N) is 1. The van der Waals surface area contributed by atoms with Crippen molar-refractivity contribution >= 4 is 11.1 Å². The first kappa shape index (κ1) is 20.8. The highest BCUT2D eigenvalue weighted by molar-refractivity contribution is 5.98. The standard InChI is InChI=1S/C26H29NO2/c1-4-24(20-11-7-5-8-12-20)26(21-13-9-6-10-14-21)22-15-17-23(18-16-22)29-19-25(28)27(2)3/h5-18,25,28H,4,19H2,1-3H3. The Bertz CT molecular complexity index is 916. The number of rotatable bonds is 8. The fourth-order valence-electron chi connectivity index (χ4n) is 3.32. The van der Waals surface area contributed by atoms with Crippen LogP contribution < -0.4 is 4.74 Å². The van der Waals surface area contributed by atoms with E-state index in [-0.39, 0.29) is 6.61 Å². The molecule has 0 aliphatic rings. The van der Waals surface area contributed by atoms with E-state index in [0.29, 0.717) is 0 Å². The van der Waals surface area contributed by atoms with Crippen LogP contribution in [-0.2, 0) is 0 Å². The minimum absolute atomic E-state index is 0.234. The minimum Gasteiger partial charge on any atom is -0.489 e. The van der Waals surface area contributed by atoms with Crippen molar-refractivity contribution in [2.24, 2.45) is 0 Å². The van der Waals surface area contributed by atoms with Crippen molar-refractivity contribution in [3.63, 3.8) is 0 Å². The molecule has 0 fully saturated rings. The lowest BCUT2D eigenvalue weighted by atomic mass is 9.88. The van der Waals surface area contributed by atoms with Crippen molar-refractivity contribution in [2.45, 2.75) is 19.6 Å². The zero-order chi connectivity index (χ0) is 20.6. The number of ether oxygens (including phenoxy) is 1. The lowest BCUT2D eigenvalue weighted by molar-refractivity contribution is 0.00187. The Morgan fingerprint density at radius 3 is 1.83 bits per heavy atom. The van der Waals surface area contributed by atoms with Crippen LogP contribution in [0.25, 0.3) is 11.1 Å². The van der Waals surface area contributed by atoms with Gasteiger partial charge in [-0.05, 0) is 60.5 Å². The van der Waals surface area contributed by atoms with Crippen LogP contribution in [0, 0.1) is 0 Å². The first-order chi connectivity index (χ1) is 14.1. The Balaban J connectivity index is 1.98. The van der Waals surface area contributed by atoms with Crippen molar-refractivity contribution in [3.05, 3.63) is 102 Å². The Morgan fingerprint density at radius 2 is 1.31 bits per heavy atom. The molecule has 0 spiro atoms. The first-order valence-electron chi connectivity index (χ1n) is 10.0. The van der Waals surface area contributed by atoms with E-state index in [4.69, 9.17) is 4.74 Å². The Morgan fingerprint density at radius 1 is 0.793 bits per heavy atom. The smallest absolute Gasteiger partial charge is 0.141 e. The summed E-state index contributed by atoms with van der Waals surface area (Å²) in [6.45, 7) is 2.43. The van der Waals surface area contributed by atoms with Gasteiger partial charge in [0.2, 0.25) is 0 Å². The molecule has 0 aliphatic heterocycles. The second kappa shape index (κ2) is 10.1. The molecule has 3 aromatic carbocycles. The molecule has 1 unspecified atom stereocenters. The van der Waals surface area contributed by atoms with Crippen molar-refractivity contribution in [2.75, 3.05) is 20.7 Å². The molecule has 1 N–H and O–H groups in total. The summed E-state index contributed by atoms with van der Waals surface area (Å²) in [7, 11) is 3.65. The van der Waals surface area contributed by atoms with E-state index in [1.54, 1.807) is 4.90 Å². The van der Waals surface area contributed by atoms with Gasteiger partial charge in [0, 0.05) is 0 Å². The van der Waals surface area contributed by atoms with E-state index in [1.807, 2.05) is 38.4 Å². The number of hydrogen-bond donors (Lipinski definition) is 1. The minimum atomic E-state index is -0.626. The Kier molecular flexibility index (Phi) is 7.23. The molecule has 0 heterocycles. The monoisotopic (exact) mass is 387 g/mol. The van der Waals surface area contributed by atoms with Crippen LogP contribution in [0.5, 0.6) is 5.75 Å². The number of benzene rings is 3. The molecule has 0 bridgehead atoms. The number of aliphatic hydroxyl groups excluding tert-OH is 1. The summed E-state index contributed by atoms with van der Waals surface area (Å²) in [5.74, 6) is 0.750. The first-order valence-corrected chi connectivity index (χ1v) is 10.0. The zero-order valence-corrected chi connectivity index (χ0v) is 17.4. The average Bonchev–Trinajstić information content (AvgIpc) is 2.77. The van der Waals surface area contributed by atoms with Crippen molar-refractivity contribution in [1.29, 1.82) is 0 Å². The van der Waals surface area contributed by atoms with E-state index in [9.17, 15) is 5.11 Å². The van der Waals surface area contributed by atoms with Gasteiger partial charge in [-0.2, -0.15) is 0 Å². The van der Waals surface area contributed by atoms with Crippen molar-refractivity contribution < 1.29 is 9.84 Å². The highest BCUT2D eigenvalue weighted by Gasteiger charge is 2.13. The van der Waals surface area contributed by atoms with Gasteiger partial charge in [-0.15, -0.1) is 0 Å². The maximum absolute atomic E-state index is 9.90. The summed E-state index contributed by atoms with van der Waals surface area (Å²) in [6, 6.07) is 29.2. The molecule has 0 aliphatic carbocycles. The topological polar surface area (TPSA) is 32.7 Å². The third-order valence-electron chi connectivity index (χ3n) is 4.98. The molecular formula is C26H29NO2. The van der Waals surface area contributed by atoms with Gasteiger partial charge < -0.3 is 9.84 Å². The van der Waals surface area contributed by atoms with Crippen LogP contribution in [0.3, 0.4) is 0 Å². The predicted molar refractivity (Wildman–Crippen MR) is 121 cm³/mol. The number of hydrogen-bond acceptors (Lipinski definition) is 3. The number of allylic oxidation sites excluding steroid dienone is 1. The fraction of sp³-hybridized carbons (Fsp3) is 0.231. The van der Waals surface area contributed by atoms with Gasteiger partial charge in [-0.25, -0.2) is 0 Å². The maximum Gasteiger partial charge on any atom is 0.141 e. The predicted octanol–water partition coefficient (Wildman–Crippen LogP) is 5.31. The van der Waals surface area contributed by atoms with E-state index in [1.165, 1.54) is 22.3 Å². The van der Waals surface area contributed by atoms with Crippen molar-refractivity contribution in [1.82, 2.24) is 4.90 Å². The third kappa shape index (κ3) is 5.35. The van der Waals surface area contributed by atoms with Crippen LogP contribution in [0.2, 0.25) is 0 Å². The van der Waals surface area contributed by atoms with Gasteiger partial charge in [-0.3, -0.25) is 4.90 Å². The molecule has 29 heavy (non-hydrogen) atoms. The van der Waals surface area contributed by atoms with Crippen LogP contribution >= 0.6 is 0 Å². The molecule has 3 aromatic rings. The molecule has 150 valence electrons. The average molecular weight is 388 g/mol. The summed E-state index contributed by atoms with van der Waals surface area (Å²) in [4.78, 5) is 1.72. The van der Waals surface area contributed by atoms with Gasteiger partial charge in [0.1, 0.15) is 18.6 Å². The molecule has 3 heteroatoms. The molecule has 0 radical (unpaired) electrons. The van der Waals surface area contributed by atoms with E-state index in [2.05, 4.69) is 67.6 Å². The summed E-state index contributed by atoms with van der Waals surface area (Å²) < 4.78 is 5.73. The summed E-state index contributed by atoms with van der Waals surface area (Å²) in [6.07, 6.45) is 0.306. The lowest BCUT2D eigenvalue weighted by Gasteiger charge is -2.19. The van der Waals surface area contributed by atoms with E-state index in [0.717, 1.165) is 17.7 Å². The molecule has 0 aromatic heterocycles. The van der Waals surface area contributed by atoms with Crippen LogP contribution in [0.15, 0.2) is 84.9 Å². The number of likely N-dealkylation sites (N-methyl/N-ethyl adjacent to an activating group) is 1. The van der Waals surface area contributed by atoms with Gasteiger partial charge >= 0.3 is 0 Å². The third-order valence-corrected chi connectivity index (χ3v) is 4.98. The highest BCUT2D eigenvalue weighted by atomic mass is 16.5. The molecule has 1 atom stereocenters. The quantitative estimate of drug-likeness (QED) is 0.420. The molecular weight excluding hydrogens is 358 g/mol. The Hall–Kier alpha value is -2.88. The molecule has 0 amide bonds. The normalized spacial score (nSPS) is 13.1. The second-order valence-corrected chi connectivity index (χ2v) is 7.22. The zero-order valence-electron chi connectivity index (χ0n) is 17.4. The highest BCUT2D eigenvalue weighted by Crippen LogP contribution is 2.34. The Labute approximate surface area is 173 Å². The van der Waals surface area contributed by atoms with Gasteiger partial charge in [0.05, 0.1) is 0 Å². The van der Waals surface area contributed by atoms with Gasteiger partial charge in [-0.1, -0.05) is 79.7 Å². The van der Waals surface area contributed by atoms with Gasteiger partial charge in [0.15, 0.2) is 0 Å². The molecule has 3 rings (SSSR count). The molecule has 3 nitrogen and oxygen atoms in total. The summed E-state index contributed by atoms with van der Waals surface area (Å²) in [5.41, 5.74) is 6.14. The largest absolute Gasteiger partial charge is 0.489 e. The van der Waals surface area contributed by atoms with E-state index < -0.39 is 6.23 Å². The fourth-order valence-corrected chi connectivity index (χ4v) is 3.32. The maximum atomic E-state index is 9.90. The van der Waals surface area contributed by atoms with E-state index >= 15 is 0 Å². The molecule has 0 saturated carbocycles. The SMILES string of the molecule is CCC(=C(c1ccccc1)c1ccc(OCC(O)N(C)C)cc1)c1ccccc1. The second-order valence-electron chi connectivity index (χ2n) is 7.22. The van der Waals surface area contributed by atoms with Crippen LogP contribution in [0.1, 0.15) is 30.0 Å². The number of aliphatic hydroxyl groups is 1. The summed E-state index contributed by atoms with van der Waals surface area (Å²) >= 11 is 0.